The molecule has 0 saturated heterocycles. The number of carbonyl (C=O) groups excluding carboxylic acids is 1. The number of hydrazine groups is 1. The molecule has 5 nitrogen and oxygen atoms in total. The molecule has 94 valence electrons. The van der Waals surface area contributed by atoms with Gasteiger partial charge in [-0.25, -0.2) is 10.8 Å². The van der Waals surface area contributed by atoms with Gasteiger partial charge in [-0.15, -0.1) is 0 Å². The Hall–Kier alpha value is -1.62. The molecular weight excluding hydrogens is 216 g/mol. The van der Waals surface area contributed by atoms with Gasteiger partial charge < -0.3 is 10.7 Å². The molecule has 0 aliphatic carbocycles. The van der Waals surface area contributed by atoms with Crippen molar-refractivity contribution in [2.75, 3.05) is 12.0 Å². The number of rotatable bonds is 5. The van der Waals surface area contributed by atoms with E-state index in [0.29, 0.717) is 17.9 Å². The molecule has 0 atom stereocenters. The summed E-state index contributed by atoms with van der Waals surface area (Å²) in [5, 5.41) is 2.90. The number of nitrogens with one attached hydrogen (secondary N) is 2. The number of aromatic nitrogens is 1. The molecule has 0 bridgehead atoms. The van der Waals surface area contributed by atoms with Crippen LogP contribution in [0.1, 0.15) is 37.6 Å². The molecule has 0 saturated carbocycles. The van der Waals surface area contributed by atoms with Crippen LogP contribution < -0.4 is 16.6 Å². The minimum atomic E-state index is -0.109. The van der Waals surface area contributed by atoms with Crippen LogP contribution >= 0.6 is 0 Å². The Morgan fingerprint density at radius 1 is 1.47 bits per heavy atom. The summed E-state index contributed by atoms with van der Waals surface area (Å²) in [7, 11) is 0. The lowest BCUT2D eigenvalue weighted by Gasteiger charge is -2.22. The van der Waals surface area contributed by atoms with Gasteiger partial charge in [0.1, 0.15) is 5.82 Å². The Kier molecular flexibility index (Phi) is 4.45. The monoisotopic (exact) mass is 236 g/mol. The van der Waals surface area contributed by atoms with E-state index in [-0.39, 0.29) is 11.3 Å². The molecule has 0 spiro atoms. The number of hydrogen-bond donors (Lipinski definition) is 3. The van der Waals surface area contributed by atoms with Crippen molar-refractivity contribution in [3.05, 3.63) is 23.9 Å². The van der Waals surface area contributed by atoms with E-state index in [2.05, 4.69) is 36.5 Å². The minimum Gasteiger partial charge on any atom is -0.351 e. The van der Waals surface area contributed by atoms with Crippen molar-refractivity contribution in [2.24, 2.45) is 11.3 Å². The van der Waals surface area contributed by atoms with Crippen molar-refractivity contribution in [2.45, 2.75) is 27.2 Å². The number of nitrogens with two attached hydrogens (primary N) is 1. The maximum atomic E-state index is 11.8. The summed E-state index contributed by atoms with van der Waals surface area (Å²) < 4.78 is 0. The van der Waals surface area contributed by atoms with Gasteiger partial charge in [-0.05, 0) is 24.0 Å². The Labute approximate surface area is 102 Å². The number of amides is 1. The van der Waals surface area contributed by atoms with Crippen LogP contribution in [0.4, 0.5) is 5.82 Å². The number of pyridine rings is 1. The summed E-state index contributed by atoms with van der Waals surface area (Å²) in [5.41, 5.74) is 3.07. The lowest BCUT2D eigenvalue weighted by Crippen LogP contribution is -2.33. The van der Waals surface area contributed by atoms with Gasteiger partial charge in [0, 0.05) is 12.7 Å². The Bertz CT molecular complexity index is 373. The molecule has 4 N–H and O–H groups in total. The maximum Gasteiger partial charge on any atom is 0.252 e. The fraction of sp³-hybridized carbons (Fsp3) is 0.500. The first-order valence-electron chi connectivity index (χ1n) is 5.69. The van der Waals surface area contributed by atoms with Gasteiger partial charge in [0.15, 0.2) is 0 Å². The first-order chi connectivity index (χ1) is 7.98. The predicted octanol–water partition coefficient (Wildman–Crippen LogP) is 1.53. The van der Waals surface area contributed by atoms with Crippen LogP contribution in [0.25, 0.3) is 0 Å². The normalized spacial score (nSPS) is 11.1. The summed E-state index contributed by atoms with van der Waals surface area (Å²) in [6.07, 6.45) is 2.52. The van der Waals surface area contributed by atoms with Crippen LogP contribution in [0.3, 0.4) is 0 Å². The summed E-state index contributed by atoms with van der Waals surface area (Å²) in [6.45, 7) is 6.99. The van der Waals surface area contributed by atoms with Gasteiger partial charge in [-0.3, -0.25) is 4.79 Å². The van der Waals surface area contributed by atoms with Crippen LogP contribution in [0, 0.1) is 5.41 Å². The lowest BCUT2D eigenvalue weighted by atomic mass is 9.90. The highest BCUT2D eigenvalue weighted by molar-refractivity contribution is 5.94. The molecule has 0 radical (unpaired) electrons. The Balaban J connectivity index is 2.58. The lowest BCUT2D eigenvalue weighted by molar-refractivity contribution is 0.0935. The second kappa shape index (κ2) is 5.63. The second-order valence-electron chi connectivity index (χ2n) is 4.78. The van der Waals surface area contributed by atoms with Gasteiger partial charge in [0.05, 0.1) is 5.56 Å². The van der Waals surface area contributed by atoms with Gasteiger partial charge in [-0.1, -0.05) is 20.8 Å². The zero-order valence-corrected chi connectivity index (χ0v) is 10.6. The van der Waals surface area contributed by atoms with Crippen molar-refractivity contribution in [1.82, 2.24) is 10.3 Å². The van der Waals surface area contributed by atoms with Gasteiger partial charge in [-0.2, -0.15) is 0 Å². The third-order valence-corrected chi connectivity index (χ3v) is 2.86. The highest BCUT2D eigenvalue weighted by atomic mass is 16.1. The molecule has 5 heteroatoms. The molecular formula is C12H20N4O. The van der Waals surface area contributed by atoms with Crippen molar-refractivity contribution in [3.63, 3.8) is 0 Å². The Morgan fingerprint density at radius 3 is 2.65 bits per heavy atom. The molecule has 0 fully saturated rings. The molecule has 0 aliphatic rings. The van der Waals surface area contributed by atoms with E-state index in [9.17, 15) is 4.79 Å². The fourth-order valence-electron chi connectivity index (χ4n) is 1.16. The first-order valence-corrected chi connectivity index (χ1v) is 5.69. The number of nitrogens with zero attached hydrogens (tertiary/aromatic N) is 1. The smallest absolute Gasteiger partial charge is 0.252 e. The van der Waals surface area contributed by atoms with Crippen molar-refractivity contribution in [1.29, 1.82) is 0 Å². The zero-order valence-electron chi connectivity index (χ0n) is 10.6. The van der Waals surface area contributed by atoms with E-state index in [1.165, 1.54) is 6.20 Å². The van der Waals surface area contributed by atoms with E-state index in [1.807, 2.05) is 0 Å². The van der Waals surface area contributed by atoms with Crippen LogP contribution in [-0.2, 0) is 0 Å². The molecule has 1 aromatic rings. The highest BCUT2D eigenvalue weighted by Gasteiger charge is 2.16. The SMILES string of the molecule is CCC(C)(C)CNC(=O)c1ccc(NN)nc1. The maximum absolute atomic E-state index is 11.8. The largest absolute Gasteiger partial charge is 0.351 e. The molecule has 0 aromatic carbocycles. The highest BCUT2D eigenvalue weighted by Crippen LogP contribution is 2.17. The summed E-state index contributed by atoms with van der Waals surface area (Å²) in [5.74, 6) is 5.63. The first kappa shape index (κ1) is 13.4. The molecule has 1 amide bonds. The van der Waals surface area contributed by atoms with E-state index in [4.69, 9.17) is 5.84 Å². The van der Waals surface area contributed by atoms with Gasteiger partial charge >= 0.3 is 0 Å². The van der Waals surface area contributed by atoms with Crippen molar-refractivity contribution in [3.8, 4) is 0 Å². The molecule has 0 aliphatic heterocycles. The Morgan fingerprint density at radius 2 is 2.18 bits per heavy atom. The number of nitrogen functional groups attached to an aromatic ring is 1. The molecule has 1 aromatic heterocycles. The summed E-state index contributed by atoms with van der Waals surface area (Å²) >= 11 is 0. The third kappa shape index (κ3) is 4.03. The predicted molar refractivity (Wildman–Crippen MR) is 68.5 cm³/mol. The number of carbonyl (C=O) groups is 1. The van der Waals surface area contributed by atoms with Crippen LogP contribution in [0.5, 0.6) is 0 Å². The summed E-state index contributed by atoms with van der Waals surface area (Å²) in [6, 6.07) is 3.36. The van der Waals surface area contributed by atoms with E-state index >= 15 is 0 Å². The van der Waals surface area contributed by atoms with E-state index in [1.54, 1.807) is 12.1 Å². The zero-order chi connectivity index (χ0) is 12.9. The van der Waals surface area contributed by atoms with E-state index in [0.717, 1.165) is 6.42 Å². The standard InChI is InChI=1S/C12H20N4O/c1-4-12(2,3)8-15-11(17)9-5-6-10(16-13)14-7-9/h5-7H,4,8,13H2,1-3H3,(H,14,16)(H,15,17). The average Bonchev–Trinajstić information content (AvgIpc) is 2.36. The van der Waals surface area contributed by atoms with Crippen molar-refractivity contribution < 1.29 is 4.79 Å². The number of anilines is 1. The van der Waals surface area contributed by atoms with Crippen LogP contribution in [0.2, 0.25) is 0 Å². The topological polar surface area (TPSA) is 80.0 Å². The average molecular weight is 236 g/mol. The van der Waals surface area contributed by atoms with Gasteiger partial charge in [0.2, 0.25) is 0 Å². The van der Waals surface area contributed by atoms with Gasteiger partial charge in [0.25, 0.3) is 5.91 Å². The van der Waals surface area contributed by atoms with Crippen LogP contribution in [-0.4, -0.2) is 17.4 Å². The quantitative estimate of drug-likeness (QED) is 0.535. The molecule has 17 heavy (non-hydrogen) atoms. The van der Waals surface area contributed by atoms with Crippen molar-refractivity contribution >= 4 is 11.7 Å². The molecule has 0 unspecified atom stereocenters. The minimum absolute atomic E-state index is 0.109. The fourth-order valence-corrected chi connectivity index (χ4v) is 1.16. The third-order valence-electron chi connectivity index (χ3n) is 2.86. The summed E-state index contributed by atoms with van der Waals surface area (Å²) in [4.78, 5) is 15.8. The number of hydrogen-bond acceptors (Lipinski definition) is 4. The second-order valence-corrected chi connectivity index (χ2v) is 4.78. The molecule has 1 rings (SSSR count). The van der Waals surface area contributed by atoms with E-state index < -0.39 is 0 Å². The van der Waals surface area contributed by atoms with Crippen LogP contribution in [0.15, 0.2) is 18.3 Å². The molecule has 1 heterocycles.